The molecule has 4 rings (SSSR count). The zero-order valence-electron chi connectivity index (χ0n) is 17.2. The van der Waals surface area contributed by atoms with Crippen LogP contribution in [0.3, 0.4) is 0 Å². The Kier molecular flexibility index (Phi) is 3.57. The van der Waals surface area contributed by atoms with E-state index < -0.39 is 0 Å². The molecule has 2 radical (unpaired) electrons. The molecule has 132 valence electrons. The highest BCUT2D eigenvalue weighted by molar-refractivity contribution is 6.48. The summed E-state index contributed by atoms with van der Waals surface area (Å²) in [6.45, 7) is 14.6. The van der Waals surface area contributed by atoms with E-state index in [0.717, 1.165) is 5.41 Å². The Bertz CT molecular complexity index is 490. The molecule has 24 heavy (non-hydrogen) atoms. The summed E-state index contributed by atoms with van der Waals surface area (Å²) in [7, 11) is 5.63. The maximum atomic E-state index is 2.86. The van der Waals surface area contributed by atoms with Gasteiger partial charge in [-0.15, -0.1) is 0 Å². The number of rotatable bonds is 9. The molecule has 0 aromatic rings. The van der Waals surface area contributed by atoms with Gasteiger partial charge in [0.2, 0.25) is 0 Å². The Morgan fingerprint density at radius 1 is 0.792 bits per heavy atom. The second kappa shape index (κ2) is 4.89. The van der Waals surface area contributed by atoms with Crippen molar-refractivity contribution in [2.45, 2.75) is 122 Å². The van der Waals surface area contributed by atoms with Crippen molar-refractivity contribution in [3.05, 3.63) is 0 Å². The first kappa shape index (κ1) is 17.5. The lowest BCUT2D eigenvalue weighted by atomic mass is 9.35. The summed E-state index contributed by atoms with van der Waals surface area (Å²) >= 11 is 0. The maximum Gasteiger partial charge on any atom is 0.126 e. The van der Waals surface area contributed by atoms with E-state index >= 15 is 0 Å². The average Bonchev–Trinajstić information content (AvgIpc) is 3.15. The van der Waals surface area contributed by atoms with Crippen LogP contribution in [0.1, 0.15) is 99.3 Å². The third-order valence-electron chi connectivity index (χ3n) is 9.51. The number of fused-ring (bicyclic) bond motifs is 2. The largest absolute Gasteiger partial charge is 0.126 e. The molecule has 4 atom stereocenters. The highest BCUT2D eigenvalue weighted by Gasteiger charge is 2.76. The lowest BCUT2D eigenvalue weighted by Gasteiger charge is -2.44. The van der Waals surface area contributed by atoms with Crippen LogP contribution < -0.4 is 0 Å². The topological polar surface area (TPSA) is 0 Å². The SMILES string of the molecule is CCC(C)(C)[B]C12CCC1(C[B]C13CCC1(CC(C)(C)CC)C3)C2. The van der Waals surface area contributed by atoms with Gasteiger partial charge in [-0.05, 0) is 48.3 Å². The summed E-state index contributed by atoms with van der Waals surface area (Å²) in [4.78, 5) is 0. The van der Waals surface area contributed by atoms with Gasteiger partial charge in [-0.1, -0.05) is 89.5 Å². The van der Waals surface area contributed by atoms with E-state index in [4.69, 9.17) is 0 Å². The number of hydrogen-bond acceptors (Lipinski definition) is 0. The molecule has 0 heterocycles. The molecule has 0 spiro atoms. The van der Waals surface area contributed by atoms with Crippen molar-refractivity contribution in [3.63, 3.8) is 0 Å². The predicted octanol–water partition coefficient (Wildman–Crippen LogP) is 6.93. The number of hydrogen-bond donors (Lipinski definition) is 0. The van der Waals surface area contributed by atoms with Crippen molar-refractivity contribution >= 4 is 14.6 Å². The van der Waals surface area contributed by atoms with E-state index in [0.29, 0.717) is 26.8 Å². The highest BCUT2D eigenvalue weighted by Crippen LogP contribution is 2.90. The summed E-state index contributed by atoms with van der Waals surface area (Å²) in [6, 6.07) is 0. The Morgan fingerprint density at radius 2 is 1.42 bits per heavy atom. The molecule has 4 aliphatic carbocycles. The molecule has 0 aromatic heterocycles. The molecule has 4 aliphatic rings. The fourth-order valence-electron chi connectivity index (χ4n) is 6.73. The van der Waals surface area contributed by atoms with Crippen LogP contribution in [0, 0.1) is 16.2 Å². The van der Waals surface area contributed by atoms with E-state index in [1.54, 1.807) is 0 Å². The van der Waals surface area contributed by atoms with Crippen LogP contribution in [0.4, 0.5) is 0 Å². The fraction of sp³-hybridized carbons (Fsp3) is 1.00. The van der Waals surface area contributed by atoms with Gasteiger partial charge in [0, 0.05) is 0 Å². The summed E-state index contributed by atoms with van der Waals surface area (Å²) in [6.07, 6.45) is 14.5. The summed E-state index contributed by atoms with van der Waals surface area (Å²) in [5.41, 5.74) is 1.99. The summed E-state index contributed by atoms with van der Waals surface area (Å²) in [5, 5.41) is 1.76. The first-order chi connectivity index (χ1) is 11.1. The molecule has 4 fully saturated rings. The first-order valence-corrected chi connectivity index (χ1v) is 10.8. The molecule has 4 saturated carbocycles. The fourth-order valence-corrected chi connectivity index (χ4v) is 6.73. The maximum absolute atomic E-state index is 2.86. The van der Waals surface area contributed by atoms with Crippen LogP contribution in [0.25, 0.3) is 0 Å². The van der Waals surface area contributed by atoms with Crippen LogP contribution in [0.15, 0.2) is 0 Å². The van der Waals surface area contributed by atoms with Crippen LogP contribution in [0.5, 0.6) is 0 Å². The van der Waals surface area contributed by atoms with Gasteiger partial charge in [-0.2, -0.15) is 0 Å². The second-order valence-electron chi connectivity index (χ2n) is 11.8. The van der Waals surface area contributed by atoms with Crippen LogP contribution in [-0.4, -0.2) is 14.6 Å². The molecule has 0 saturated heterocycles. The molecule has 4 unspecified atom stereocenters. The molecule has 0 aromatic carbocycles. The second-order valence-corrected chi connectivity index (χ2v) is 11.8. The lowest BCUT2D eigenvalue weighted by molar-refractivity contribution is 0.173. The van der Waals surface area contributed by atoms with E-state index in [9.17, 15) is 0 Å². The normalized spacial score (nSPS) is 45.4. The van der Waals surface area contributed by atoms with Crippen LogP contribution in [-0.2, 0) is 0 Å². The van der Waals surface area contributed by atoms with Crippen molar-refractivity contribution in [2.75, 3.05) is 0 Å². The van der Waals surface area contributed by atoms with E-state index in [-0.39, 0.29) is 0 Å². The Hall–Kier alpha value is 0.130. The van der Waals surface area contributed by atoms with Gasteiger partial charge in [0.05, 0.1) is 0 Å². The van der Waals surface area contributed by atoms with Crippen molar-refractivity contribution in [1.82, 2.24) is 0 Å². The van der Waals surface area contributed by atoms with Gasteiger partial charge in [0.15, 0.2) is 0 Å². The smallest absolute Gasteiger partial charge is 0.0742 e. The first-order valence-electron chi connectivity index (χ1n) is 10.8. The van der Waals surface area contributed by atoms with Crippen molar-refractivity contribution in [1.29, 1.82) is 0 Å². The standard InChI is InChI=1S/C22H38B2/c1-7-17(3,4)13-19-9-11-21(19,14-19)23-16-20-10-12-22(20,15-20)24-18(5,6)8-2/h7-16H2,1-6H3. The minimum atomic E-state index is 0.436. The molecule has 0 amide bonds. The molecule has 2 heteroatoms. The van der Waals surface area contributed by atoms with Gasteiger partial charge in [-0.3, -0.25) is 0 Å². The van der Waals surface area contributed by atoms with Gasteiger partial charge < -0.3 is 0 Å². The molecule has 0 bridgehead atoms. The zero-order chi connectivity index (χ0) is 17.5. The monoisotopic (exact) mass is 324 g/mol. The minimum Gasteiger partial charge on any atom is -0.0742 e. The Labute approximate surface area is 152 Å². The Balaban J connectivity index is 1.33. The van der Waals surface area contributed by atoms with E-state index in [2.05, 4.69) is 56.1 Å². The van der Waals surface area contributed by atoms with E-state index in [1.165, 1.54) is 64.1 Å². The van der Waals surface area contributed by atoms with Gasteiger partial charge in [0.1, 0.15) is 14.6 Å². The van der Waals surface area contributed by atoms with Gasteiger partial charge >= 0.3 is 0 Å². The molecule has 0 aliphatic heterocycles. The van der Waals surface area contributed by atoms with Crippen molar-refractivity contribution in [2.24, 2.45) is 16.2 Å². The summed E-state index contributed by atoms with van der Waals surface area (Å²) < 4.78 is 0. The van der Waals surface area contributed by atoms with Crippen LogP contribution in [0.2, 0.25) is 22.3 Å². The highest BCUT2D eigenvalue weighted by atomic mass is 14.8. The van der Waals surface area contributed by atoms with Crippen molar-refractivity contribution < 1.29 is 0 Å². The predicted molar refractivity (Wildman–Crippen MR) is 107 cm³/mol. The van der Waals surface area contributed by atoms with Gasteiger partial charge in [-0.25, -0.2) is 0 Å². The lowest BCUT2D eigenvalue weighted by Crippen LogP contribution is -2.34. The van der Waals surface area contributed by atoms with Gasteiger partial charge in [0.25, 0.3) is 0 Å². The zero-order valence-corrected chi connectivity index (χ0v) is 17.2. The molecule has 0 nitrogen and oxygen atoms in total. The van der Waals surface area contributed by atoms with Crippen LogP contribution >= 0.6 is 0 Å². The third kappa shape index (κ3) is 2.33. The molecular formula is C22H38B2. The van der Waals surface area contributed by atoms with Crippen molar-refractivity contribution in [3.8, 4) is 0 Å². The Morgan fingerprint density at radius 3 is 1.92 bits per heavy atom. The molecular weight excluding hydrogens is 286 g/mol. The van der Waals surface area contributed by atoms with E-state index in [1.807, 2.05) is 0 Å². The quantitative estimate of drug-likeness (QED) is 0.403. The average molecular weight is 324 g/mol. The summed E-state index contributed by atoms with van der Waals surface area (Å²) in [5.74, 6) is 0. The third-order valence-corrected chi connectivity index (χ3v) is 9.51. The molecule has 0 N–H and O–H groups in total. The minimum absolute atomic E-state index is 0.436.